The highest BCUT2D eigenvalue weighted by molar-refractivity contribution is 5.08. The van der Waals surface area contributed by atoms with Crippen LogP contribution in [0.2, 0.25) is 0 Å². The van der Waals surface area contributed by atoms with Crippen LogP contribution in [0.3, 0.4) is 0 Å². The normalized spacial score (nSPS) is 24.8. The van der Waals surface area contributed by atoms with Gasteiger partial charge in [0.05, 0.1) is 0 Å². The summed E-state index contributed by atoms with van der Waals surface area (Å²) in [5, 5.41) is 6.94. The van der Waals surface area contributed by atoms with E-state index in [4.69, 9.17) is 0 Å². The first-order chi connectivity index (χ1) is 6.36. The third kappa shape index (κ3) is 2.11. The zero-order chi connectivity index (χ0) is 9.10. The van der Waals surface area contributed by atoms with Crippen LogP contribution in [0.4, 0.5) is 0 Å². The van der Waals surface area contributed by atoms with Crippen LogP contribution in [-0.2, 0) is 0 Å². The molecule has 0 aromatic carbocycles. The molecule has 1 aromatic heterocycles. The largest absolute Gasteiger partial charge is 0.364 e. The molecule has 1 aliphatic heterocycles. The fourth-order valence-corrected chi connectivity index (χ4v) is 1.85. The second kappa shape index (κ2) is 3.94. The van der Waals surface area contributed by atoms with E-state index in [1.807, 2.05) is 12.3 Å². The van der Waals surface area contributed by atoms with Crippen LogP contribution in [-0.4, -0.2) is 24.1 Å². The molecule has 0 unspecified atom stereocenters. The quantitative estimate of drug-likeness (QED) is 0.648. The van der Waals surface area contributed by atoms with E-state index in [1.54, 1.807) is 0 Å². The van der Waals surface area contributed by atoms with Gasteiger partial charge in [-0.15, -0.1) is 0 Å². The summed E-state index contributed by atoms with van der Waals surface area (Å²) in [6.45, 7) is 4.45. The molecule has 2 rings (SSSR count). The summed E-state index contributed by atoms with van der Waals surface area (Å²) in [6.07, 6.45) is 3.21. The van der Waals surface area contributed by atoms with E-state index in [-0.39, 0.29) is 0 Å². The van der Waals surface area contributed by atoms with E-state index >= 15 is 0 Å². The fourth-order valence-electron chi connectivity index (χ4n) is 1.85. The maximum atomic E-state index is 3.59. The molecule has 2 atom stereocenters. The van der Waals surface area contributed by atoms with Crippen molar-refractivity contribution in [2.24, 2.45) is 0 Å². The maximum absolute atomic E-state index is 3.59. The molecule has 1 aliphatic rings. The molecule has 0 amide bonds. The molecule has 0 bridgehead atoms. The molecule has 1 aromatic rings. The highest BCUT2D eigenvalue weighted by atomic mass is 15.0. The lowest BCUT2D eigenvalue weighted by atomic mass is 10.2. The van der Waals surface area contributed by atoms with Crippen LogP contribution < -0.4 is 10.6 Å². The monoisotopic (exact) mass is 179 g/mol. The molecule has 3 heteroatoms. The second-order valence-corrected chi connectivity index (χ2v) is 3.70. The van der Waals surface area contributed by atoms with Gasteiger partial charge in [0, 0.05) is 30.5 Å². The van der Waals surface area contributed by atoms with Crippen molar-refractivity contribution in [2.45, 2.75) is 25.4 Å². The Balaban J connectivity index is 1.87. The first-order valence-corrected chi connectivity index (χ1v) is 4.96. The zero-order valence-corrected chi connectivity index (χ0v) is 8.01. The van der Waals surface area contributed by atoms with Gasteiger partial charge >= 0.3 is 0 Å². The van der Waals surface area contributed by atoms with Crippen molar-refractivity contribution in [2.75, 3.05) is 13.1 Å². The van der Waals surface area contributed by atoms with Crippen molar-refractivity contribution in [3.8, 4) is 0 Å². The summed E-state index contributed by atoms with van der Waals surface area (Å²) in [5.41, 5.74) is 1.27. The number of aromatic amines is 1. The molecule has 0 saturated carbocycles. The molecule has 3 N–H and O–H groups in total. The van der Waals surface area contributed by atoms with E-state index in [9.17, 15) is 0 Å². The lowest BCUT2D eigenvalue weighted by Crippen LogP contribution is -2.33. The summed E-state index contributed by atoms with van der Waals surface area (Å²) < 4.78 is 0. The van der Waals surface area contributed by atoms with Crippen LogP contribution in [0.1, 0.15) is 25.1 Å². The summed E-state index contributed by atoms with van der Waals surface area (Å²) in [7, 11) is 0. The van der Waals surface area contributed by atoms with Gasteiger partial charge < -0.3 is 15.6 Å². The van der Waals surface area contributed by atoms with E-state index < -0.39 is 0 Å². The lowest BCUT2D eigenvalue weighted by Gasteiger charge is -2.17. The third-order valence-corrected chi connectivity index (χ3v) is 2.63. The van der Waals surface area contributed by atoms with E-state index in [0.29, 0.717) is 12.1 Å². The minimum absolute atomic E-state index is 0.430. The lowest BCUT2D eigenvalue weighted by molar-refractivity contribution is 0.472. The fraction of sp³-hybridized carbons (Fsp3) is 0.600. The minimum Gasteiger partial charge on any atom is -0.364 e. The van der Waals surface area contributed by atoms with Crippen LogP contribution >= 0.6 is 0 Å². The van der Waals surface area contributed by atoms with Crippen molar-refractivity contribution in [1.29, 1.82) is 0 Å². The van der Waals surface area contributed by atoms with Gasteiger partial charge in [-0.1, -0.05) is 0 Å². The first-order valence-electron chi connectivity index (χ1n) is 4.96. The Bertz CT molecular complexity index is 237. The molecule has 72 valence electrons. The smallest absolute Gasteiger partial charge is 0.0446 e. The second-order valence-electron chi connectivity index (χ2n) is 3.70. The number of hydrogen-bond donors (Lipinski definition) is 3. The third-order valence-electron chi connectivity index (χ3n) is 2.63. The maximum Gasteiger partial charge on any atom is 0.0446 e. The Morgan fingerprint density at radius 1 is 1.62 bits per heavy atom. The molecule has 1 saturated heterocycles. The van der Waals surface area contributed by atoms with Crippen molar-refractivity contribution >= 4 is 0 Å². The number of hydrogen-bond acceptors (Lipinski definition) is 2. The highest BCUT2D eigenvalue weighted by Gasteiger charge is 2.17. The van der Waals surface area contributed by atoms with Gasteiger partial charge in [0.15, 0.2) is 0 Å². The average molecular weight is 179 g/mol. The van der Waals surface area contributed by atoms with Gasteiger partial charge in [-0.25, -0.2) is 0 Å². The summed E-state index contributed by atoms with van der Waals surface area (Å²) in [6, 6.07) is 5.23. The molecule has 3 nitrogen and oxygen atoms in total. The molecule has 0 radical (unpaired) electrons. The van der Waals surface area contributed by atoms with Crippen LogP contribution in [0.15, 0.2) is 18.3 Å². The van der Waals surface area contributed by atoms with Gasteiger partial charge in [-0.05, 0) is 32.0 Å². The van der Waals surface area contributed by atoms with Crippen LogP contribution in [0, 0.1) is 0 Å². The predicted octanol–water partition coefficient (Wildman–Crippen LogP) is 1.03. The van der Waals surface area contributed by atoms with Gasteiger partial charge in [0.2, 0.25) is 0 Å². The molecule has 1 fully saturated rings. The van der Waals surface area contributed by atoms with Gasteiger partial charge in [0.1, 0.15) is 0 Å². The number of nitrogens with one attached hydrogen (secondary N) is 3. The Hall–Kier alpha value is -0.800. The molecular weight excluding hydrogens is 162 g/mol. The number of aromatic nitrogens is 1. The van der Waals surface area contributed by atoms with Gasteiger partial charge in [-0.3, -0.25) is 0 Å². The van der Waals surface area contributed by atoms with Crippen molar-refractivity contribution < 1.29 is 0 Å². The summed E-state index contributed by atoms with van der Waals surface area (Å²) in [4.78, 5) is 3.23. The van der Waals surface area contributed by atoms with E-state index in [1.165, 1.54) is 12.1 Å². The molecule has 2 heterocycles. The SMILES string of the molecule is C[C@@H](N[C@H]1CCNC1)c1ccc[nH]1. The van der Waals surface area contributed by atoms with Crippen LogP contribution in [0.25, 0.3) is 0 Å². The van der Waals surface area contributed by atoms with Crippen LogP contribution in [0.5, 0.6) is 0 Å². The molecule has 0 spiro atoms. The van der Waals surface area contributed by atoms with E-state index in [2.05, 4.69) is 28.6 Å². The highest BCUT2D eigenvalue weighted by Crippen LogP contribution is 2.11. The standard InChI is InChI=1S/C10H17N3/c1-8(10-3-2-5-12-10)13-9-4-6-11-7-9/h2-3,5,8-9,11-13H,4,6-7H2,1H3/t8-,9+/m1/s1. The number of rotatable bonds is 3. The molecule has 0 aliphatic carbocycles. The zero-order valence-electron chi connectivity index (χ0n) is 8.01. The summed E-state index contributed by atoms with van der Waals surface area (Å²) >= 11 is 0. The minimum atomic E-state index is 0.430. The van der Waals surface area contributed by atoms with E-state index in [0.717, 1.165) is 13.1 Å². The topological polar surface area (TPSA) is 39.8 Å². The Labute approximate surface area is 78.9 Å². The molecule has 13 heavy (non-hydrogen) atoms. The number of H-pyrrole nitrogens is 1. The Morgan fingerprint density at radius 3 is 3.15 bits per heavy atom. The average Bonchev–Trinajstić information content (AvgIpc) is 2.74. The molecular formula is C10H17N3. The predicted molar refractivity (Wildman–Crippen MR) is 53.6 cm³/mol. The van der Waals surface area contributed by atoms with Crippen molar-refractivity contribution in [1.82, 2.24) is 15.6 Å². The Morgan fingerprint density at radius 2 is 2.54 bits per heavy atom. The van der Waals surface area contributed by atoms with Gasteiger partial charge in [-0.2, -0.15) is 0 Å². The van der Waals surface area contributed by atoms with Gasteiger partial charge in [0.25, 0.3) is 0 Å². The summed E-state index contributed by atoms with van der Waals surface area (Å²) in [5.74, 6) is 0. The first kappa shape index (κ1) is 8.78. The van der Waals surface area contributed by atoms with Crippen molar-refractivity contribution in [3.05, 3.63) is 24.0 Å². The van der Waals surface area contributed by atoms with Crippen molar-refractivity contribution in [3.63, 3.8) is 0 Å². The Kier molecular flexibility index (Phi) is 2.66.